The highest BCUT2D eigenvalue weighted by Gasteiger charge is 2.56. The van der Waals surface area contributed by atoms with Crippen molar-refractivity contribution in [3.05, 3.63) is 0 Å². The Morgan fingerprint density at radius 3 is 1.68 bits per heavy atom. The second kappa shape index (κ2) is 14.5. The molecule has 2 rings (SSSR count). The highest BCUT2D eigenvalue weighted by molar-refractivity contribution is 5.81. The number of likely N-dealkylation sites (N-methyl/N-ethyl adjacent to an activating group) is 1. The third-order valence-corrected chi connectivity index (χ3v) is 7.83. The number of nitrogens with one attached hydrogen (secondary N) is 1. The minimum atomic E-state index is -1.56. The van der Waals surface area contributed by atoms with E-state index in [1.165, 1.54) is 14.2 Å². The van der Waals surface area contributed by atoms with Crippen LogP contribution in [-0.4, -0.2) is 143 Å². The van der Waals surface area contributed by atoms with Crippen LogP contribution < -0.4 is 5.32 Å². The van der Waals surface area contributed by atoms with Crippen molar-refractivity contribution in [1.29, 1.82) is 0 Å². The number of hydrogen-bond acceptors (Lipinski definition) is 13. The van der Waals surface area contributed by atoms with Crippen molar-refractivity contribution in [2.75, 3.05) is 27.4 Å². The smallest absolute Gasteiger partial charge is 0.338 e. The van der Waals surface area contributed by atoms with E-state index in [0.29, 0.717) is 0 Å². The van der Waals surface area contributed by atoms with Gasteiger partial charge in [-0.15, -0.1) is 0 Å². The first-order chi connectivity index (χ1) is 20.0. The monoisotopic (exact) mass is 637 g/mol. The number of carbonyl (C=O) groups is 2. The van der Waals surface area contributed by atoms with E-state index in [2.05, 4.69) is 5.32 Å². The normalized spacial score (nSPS) is 34.0. The number of amides is 1. The molecule has 258 valence electrons. The molecule has 2 aliphatic rings. The average Bonchev–Trinajstić information content (AvgIpc) is 2.91. The van der Waals surface area contributed by atoms with Crippen molar-refractivity contribution >= 4 is 11.9 Å². The summed E-state index contributed by atoms with van der Waals surface area (Å²) in [5.41, 5.74) is -4.32. The van der Waals surface area contributed by atoms with Crippen LogP contribution in [0.25, 0.3) is 0 Å². The zero-order valence-corrected chi connectivity index (χ0v) is 28.2. The van der Waals surface area contributed by atoms with Crippen LogP contribution in [0.15, 0.2) is 0 Å². The number of aliphatic hydroxyl groups is 4. The molecule has 10 atom stereocenters. The first-order valence-corrected chi connectivity index (χ1v) is 15.0. The number of rotatable bonds is 12. The molecular formula is C30H55NO13. The van der Waals surface area contributed by atoms with Crippen LogP contribution in [0.5, 0.6) is 0 Å². The van der Waals surface area contributed by atoms with Gasteiger partial charge in [0.25, 0.3) is 5.91 Å². The molecular weight excluding hydrogens is 582 g/mol. The lowest BCUT2D eigenvalue weighted by Gasteiger charge is -2.49. The third kappa shape index (κ3) is 9.08. The van der Waals surface area contributed by atoms with E-state index < -0.39 is 95.3 Å². The SMILES string of the molecule is CCOC(=O)C1OC(C(C)(C)OC)C(O)C(O)[C@@H]1OC(C)(C)COC(C)(C)C1OC(C(=O)NC)[C@@H](OC(C)(C)C)C(O)C1O. The zero-order valence-electron chi connectivity index (χ0n) is 28.2. The van der Waals surface area contributed by atoms with Gasteiger partial charge in [-0.1, -0.05) is 0 Å². The summed E-state index contributed by atoms with van der Waals surface area (Å²) in [5.74, 6) is -1.32. The van der Waals surface area contributed by atoms with Gasteiger partial charge in [0.2, 0.25) is 0 Å². The van der Waals surface area contributed by atoms with Crippen LogP contribution in [0.4, 0.5) is 0 Å². The van der Waals surface area contributed by atoms with E-state index in [1.54, 1.807) is 69.2 Å². The molecule has 0 radical (unpaired) electrons. The van der Waals surface area contributed by atoms with Crippen molar-refractivity contribution < 1.29 is 63.2 Å². The molecule has 14 heteroatoms. The summed E-state index contributed by atoms with van der Waals surface area (Å²) in [5, 5.41) is 46.7. The second-order valence-electron chi connectivity index (χ2n) is 14.0. The minimum absolute atomic E-state index is 0.0529. The number of carbonyl (C=O) groups excluding carboxylic acids is 2. The minimum Gasteiger partial charge on any atom is -0.464 e. The van der Waals surface area contributed by atoms with Crippen molar-refractivity contribution in [3.8, 4) is 0 Å². The van der Waals surface area contributed by atoms with Crippen LogP contribution in [0.3, 0.4) is 0 Å². The lowest BCUT2D eigenvalue weighted by atomic mass is 9.85. The lowest BCUT2D eigenvalue weighted by Crippen LogP contribution is -2.68. The van der Waals surface area contributed by atoms with Gasteiger partial charge in [-0.05, 0) is 69.2 Å². The predicted molar refractivity (Wildman–Crippen MR) is 157 cm³/mol. The van der Waals surface area contributed by atoms with Crippen LogP contribution >= 0.6 is 0 Å². The molecule has 14 nitrogen and oxygen atoms in total. The van der Waals surface area contributed by atoms with Crippen LogP contribution in [-0.2, 0) is 42.7 Å². The predicted octanol–water partition coefficient (Wildman–Crippen LogP) is -0.158. The summed E-state index contributed by atoms with van der Waals surface area (Å²) < 4.78 is 40.9. The number of esters is 1. The summed E-state index contributed by atoms with van der Waals surface area (Å²) in [6.45, 7) is 16.6. The molecule has 8 unspecified atom stereocenters. The van der Waals surface area contributed by atoms with E-state index in [4.69, 9.17) is 33.2 Å². The van der Waals surface area contributed by atoms with E-state index >= 15 is 0 Å². The summed E-state index contributed by atoms with van der Waals surface area (Å²) in [6, 6.07) is 0. The Kier molecular flexibility index (Phi) is 12.8. The molecule has 0 aromatic carbocycles. The van der Waals surface area contributed by atoms with Crippen molar-refractivity contribution in [2.24, 2.45) is 0 Å². The first-order valence-electron chi connectivity index (χ1n) is 15.0. The molecule has 2 saturated heterocycles. The van der Waals surface area contributed by atoms with E-state index in [1.807, 2.05) is 0 Å². The van der Waals surface area contributed by atoms with Gasteiger partial charge in [-0.3, -0.25) is 4.79 Å². The van der Waals surface area contributed by atoms with Crippen molar-refractivity contribution in [1.82, 2.24) is 5.32 Å². The Morgan fingerprint density at radius 1 is 0.750 bits per heavy atom. The molecule has 0 bridgehead atoms. The Labute approximate surface area is 260 Å². The molecule has 44 heavy (non-hydrogen) atoms. The molecule has 0 spiro atoms. The maximum absolute atomic E-state index is 12.9. The van der Waals surface area contributed by atoms with E-state index in [9.17, 15) is 30.0 Å². The third-order valence-electron chi connectivity index (χ3n) is 7.83. The number of hydrogen-bond donors (Lipinski definition) is 5. The molecule has 2 aliphatic heterocycles. The average molecular weight is 638 g/mol. The summed E-state index contributed by atoms with van der Waals surface area (Å²) in [7, 11) is 2.85. The van der Waals surface area contributed by atoms with Gasteiger partial charge in [-0.2, -0.15) is 0 Å². The molecule has 2 heterocycles. The fourth-order valence-corrected chi connectivity index (χ4v) is 5.29. The van der Waals surface area contributed by atoms with Gasteiger partial charge >= 0.3 is 5.97 Å². The largest absolute Gasteiger partial charge is 0.464 e. The summed E-state index contributed by atoms with van der Waals surface area (Å²) >= 11 is 0. The Bertz CT molecular complexity index is 965. The molecule has 0 aromatic rings. The van der Waals surface area contributed by atoms with Crippen molar-refractivity contribution in [3.63, 3.8) is 0 Å². The number of aliphatic hydroxyl groups excluding tert-OH is 4. The molecule has 0 saturated carbocycles. The second-order valence-corrected chi connectivity index (χ2v) is 14.0. The molecule has 2 fully saturated rings. The maximum Gasteiger partial charge on any atom is 0.338 e. The summed E-state index contributed by atoms with van der Waals surface area (Å²) in [4.78, 5) is 25.7. The van der Waals surface area contributed by atoms with Crippen LogP contribution in [0.2, 0.25) is 0 Å². The van der Waals surface area contributed by atoms with Gasteiger partial charge in [0, 0.05) is 14.2 Å². The fraction of sp³-hybridized carbons (Fsp3) is 0.933. The van der Waals surface area contributed by atoms with Crippen LogP contribution in [0, 0.1) is 0 Å². The Morgan fingerprint density at radius 2 is 1.23 bits per heavy atom. The van der Waals surface area contributed by atoms with Gasteiger partial charge in [0.15, 0.2) is 12.2 Å². The van der Waals surface area contributed by atoms with E-state index in [-0.39, 0.29) is 13.2 Å². The van der Waals surface area contributed by atoms with Crippen molar-refractivity contribution in [2.45, 2.75) is 153 Å². The molecule has 5 N–H and O–H groups in total. The Hall–Kier alpha value is -1.46. The number of ether oxygens (including phenoxy) is 7. The standard InChI is InChI=1S/C30H55NO13/c1-13-39-26(37)22-20(16(33)17(34)23(42-22)29(7,8)38-12)44-28(5,6)14-40-30(9,10)24-18(35)15(32)19(43-27(2,3)4)21(41-24)25(36)31-11/h15-24,32-35H,13-14H2,1-12H3,(H,31,36)/t15?,16?,17?,18?,19-,20-,21?,22?,23?,24?/m0/s1. The highest BCUT2D eigenvalue weighted by atomic mass is 16.6. The summed E-state index contributed by atoms with van der Waals surface area (Å²) in [6.07, 6.45) is -13.4. The maximum atomic E-state index is 12.9. The fourth-order valence-electron chi connectivity index (χ4n) is 5.29. The Balaban J connectivity index is 2.26. The van der Waals surface area contributed by atoms with Gasteiger partial charge in [-0.25, -0.2) is 4.79 Å². The van der Waals surface area contributed by atoms with Gasteiger partial charge < -0.3 is 58.9 Å². The molecule has 1 amide bonds. The topological polar surface area (TPSA) is 192 Å². The quantitative estimate of drug-likeness (QED) is 0.178. The zero-order chi connectivity index (χ0) is 34.0. The first kappa shape index (κ1) is 38.7. The van der Waals surface area contributed by atoms with Crippen LogP contribution in [0.1, 0.15) is 69.2 Å². The number of methoxy groups -OCH3 is 1. The van der Waals surface area contributed by atoms with E-state index in [0.717, 1.165) is 0 Å². The van der Waals surface area contributed by atoms with Gasteiger partial charge in [0.05, 0.1) is 35.6 Å². The van der Waals surface area contributed by atoms with Gasteiger partial charge in [0.1, 0.15) is 48.8 Å². The molecule has 0 aliphatic carbocycles. The highest BCUT2D eigenvalue weighted by Crippen LogP contribution is 2.36. The lowest BCUT2D eigenvalue weighted by molar-refractivity contribution is -0.300. The molecule has 0 aromatic heterocycles.